The van der Waals surface area contributed by atoms with E-state index in [0.29, 0.717) is 45.1 Å². The molecule has 2 amide bonds. The lowest BCUT2D eigenvalue weighted by Crippen LogP contribution is -2.44. The standard InChI is InChI=1S/C26H39N7O3/c1-18(2)22-15-27-25-24(28-19(3)16-33(22)25)29-20-8-12-31(13-9-20)26(35)36-21-10-14-32(17-21)23(34)7-6-11-30(4)5/h6-7,15-16,18,20-21H,8-14,17H2,1-5H3,(H,28,29)/b7-6+/t21-/m0/s1. The van der Waals surface area contributed by atoms with Gasteiger partial charge in [-0.05, 0) is 39.8 Å². The zero-order valence-corrected chi connectivity index (χ0v) is 22.1. The molecule has 0 aromatic carbocycles. The molecule has 2 aromatic heterocycles. The smallest absolute Gasteiger partial charge is 0.410 e. The second-order valence-corrected chi connectivity index (χ2v) is 10.4. The molecule has 1 N–H and O–H groups in total. The second kappa shape index (κ2) is 11.3. The Hall–Kier alpha value is -3.14. The van der Waals surface area contributed by atoms with Gasteiger partial charge in [0.25, 0.3) is 0 Å². The maximum atomic E-state index is 12.8. The van der Waals surface area contributed by atoms with Crippen LogP contribution in [0, 0.1) is 6.92 Å². The van der Waals surface area contributed by atoms with E-state index in [1.807, 2.05) is 44.4 Å². The first-order chi connectivity index (χ1) is 17.2. The Balaban J connectivity index is 1.26. The molecule has 0 saturated carbocycles. The van der Waals surface area contributed by atoms with Gasteiger partial charge in [0.05, 0.1) is 12.2 Å². The summed E-state index contributed by atoms with van der Waals surface area (Å²) in [5.74, 6) is 1.13. The number of carbonyl (C=O) groups is 2. The van der Waals surface area contributed by atoms with Crippen LogP contribution in [0.5, 0.6) is 0 Å². The summed E-state index contributed by atoms with van der Waals surface area (Å²) in [6.45, 7) is 9.32. The van der Waals surface area contributed by atoms with E-state index in [1.54, 1.807) is 15.9 Å². The molecule has 2 saturated heterocycles. The van der Waals surface area contributed by atoms with Crippen LogP contribution in [0.15, 0.2) is 24.5 Å². The number of carbonyl (C=O) groups excluding carboxylic acids is 2. The normalized spacial score (nSPS) is 19.2. The fourth-order valence-corrected chi connectivity index (χ4v) is 4.76. The van der Waals surface area contributed by atoms with E-state index in [4.69, 9.17) is 9.72 Å². The molecule has 0 bridgehead atoms. The van der Waals surface area contributed by atoms with Crippen LogP contribution in [-0.4, -0.2) is 100 Å². The summed E-state index contributed by atoms with van der Waals surface area (Å²) in [5.41, 5.74) is 2.93. The van der Waals surface area contributed by atoms with Gasteiger partial charge in [-0.25, -0.2) is 14.8 Å². The highest BCUT2D eigenvalue weighted by atomic mass is 16.6. The summed E-state index contributed by atoms with van der Waals surface area (Å²) >= 11 is 0. The number of amides is 2. The summed E-state index contributed by atoms with van der Waals surface area (Å²) in [6.07, 6.45) is 9.15. The van der Waals surface area contributed by atoms with E-state index in [-0.39, 0.29) is 24.1 Å². The summed E-state index contributed by atoms with van der Waals surface area (Å²) in [6, 6.07) is 0.208. The highest BCUT2D eigenvalue weighted by molar-refractivity contribution is 5.87. The molecule has 0 unspecified atom stereocenters. The predicted molar refractivity (Wildman–Crippen MR) is 139 cm³/mol. The van der Waals surface area contributed by atoms with Gasteiger partial charge in [0.1, 0.15) is 6.10 Å². The molecule has 1 atom stereocenters. The summed E-state index contributed by atoms with van der Waals surface area (Å²) < 4.78 is 7.86. The SMILES string of the molecule is Cc1cn2c(C(C)C)cnc2c(NC2CCN(C(=O)O[C@H]3CCN(C(=O)/C=C/CN(C)C)C3)CC2)n1. The Morgan fingerprint density at radius 2 is 1.92 bits per heavy atom. The molecule has 2 aliphatic heterocycles. The van der Waals surface area contributed by atoms with Crippen LogP contribution in [-0.2, 0) is 9.53 Å². The Labute approximate surface area is 213 Å². The molecule has 2 aliphatic rings. The number of hydrogen-bond acceptors (Lipinski definition) is 7. The number of likely N-dealkylation sites (N-methyl/N-ethyl adjacent to an activating group) is 1. The summed E-state index contributed by atoms with van der Waals surface area (Å²) in [7, 11) is 3.91. The fraction of sp³-hybridized carbons (Fsp3) is 0.615. The van der Waals surface area contributed by atoms with Crippen LogP contribution in [0.4, 0.5) is 10.6 Å². The molecule has 4 heterocycles. The van der Waals surface area contributed by atoms with E-state index in [0.717, 1.165) is 35.7 Å². The van der Waals surface area contributed by atoms with Crippen molar-refractivity contribution in [2.24, 2.45) is 0 Å². The summed E-state index contributed by atoms with van der Waals surface area (Å²) in [5, 5.41) is 3.56. The van der Waals surface area contributed by atoms with Gasteiger partial charge >= 0.3 is 6.09 Å². The number of likely N-dealkylation sites (tertiary alicyclic amines) is 2. The molecule has 4 rings (SSSR count). The minimum absolute atomic E-state index is 0.0286. The topological polar surface area (TPSA) is 95.3 Å². The number of nitrogens with one attached hydrogen (secondary N) is 1. The van der Waals surface area contributed by atoms with Crippen molar-refractivity contribution in [1.82, 2.24) is 29.1 Å². The average Bonchev–Trinajstić information content (AvgIpc) is 3.46. The third kappa shape index (κ3) is 6.16. The molecular weight excluding hydrogens is 458 g/mol. The Morgan fingerprint density at radius 3 is 2.61 bits per heavy atom. The largest absolute Gasteiger partial charge is 0.444 e. The maximum absolute atomic E-state index is 12.8. The average molecular weight is 498 g/mol. The Bertz CT molecular complexity index is 1100. The number of aromatic nitrogens is 3. The number of hydrogen-bond donors (Lipinski definition) is 1. The number of anilines is 1. The first-order valence-electron chi connectivity index (χ1n) is 12.9. The van der Waals surface area contributed by atoms with Crippen molar-refractivity contribution in [1.29, 1.82) is 0 Å². The third-order valence-electron chi connectivity index (χ3n) is 6.78. The number of nitrogens with zero attached hydrogens (tertiary/aromatic N) is 6. The van der Waals surface area contributed by atoms with E-state index in [1.165, 1.54) is 0 Å². The predicted octanol–water partition coefficient (Wildman–Crippen LogP) is 2.89. The van der Waals surface area contributed by atoms with Gasteiger partial charge in [0.2, 0.25) is 5.91 Å². The highest BCUT2D eigenvalue weighted by Gasteiger charge is 2.31. The van der Waals surface area contributed by atoms with E-state index >= 15 is 0 Å². The van der Waals surface area contributed by atoms with Gasteiger partial charge in [-0.1, -0.05) is 19.9 Å². The number of aryl methyl sites for hydroxylation is 1. The lowest BCUT2D eigenvalue weighted by Gasteiger charge is -2.32. The van der Waals surface area contributed by atoms with Crippen molar-refractivity contribution in [2.75, 3.05) is 52.1 Å². The zero-order valence-electron chi connectivity index (χ0n) is 22.1. The van der Waals surface area contributed by atoms with Crippen molar-refractivity contribution in [3.8, 4) is 0 Å². The number of ether oxygens (including phenoxy) is 1. The first kappa shape index (κ1) is 25.9. The molecule has 0 radical (unpaired) electrons. The van der Waals surface area contributed by atoms with Gasteiger partial charge in [-0.3, -0.25) is 9.20 Å². The number of piperidine rings is 1. The maximum Gasteiger partial charge on any atom is 0.410 e. The van der Waals surface area contributed by atoms with Crippen LogP contribution in [0.3, 0.4) is 0 Å². The Morgan fingerprint density at radius 1 is 1.19 bits per heavy atom. The molecule has 10 heteroatoms. The first-order valence-corrected chi connectivity index (χ1v) is 12.9. The van der Waals surface area contributed by atoms with Crippen LogP contribution >= 0.6 is 0 Å². The molecule has 10 nitrogen and oxygen atoms in total. The van der Waals surface area contributed by atoms with Crippen molar-refractivity contribution < 1.29 is 14.3 Å². The molecular formula is C26H39N7O3. The molecule has 196 valence electrons. The molecule has 36 heavy (non-hydrogen) atoms. The third-order valence-corrected chi connectivity index (χ3v) is 6.78. The number of rotatable bonds is 7. The monoisotopic (exact) mass is 497 g/mol. The van der Waals surface area contributed by atoms with E-state index < -0.39 is 0 Å². The van der Waals surface area contributed by atoms with Gasteiger partial charge in [-0.15, -0.1) is 0 Å². The van der Waals surface area contributed by atoms with Crippen LogP contribution in [0.1, 0.15) is 50.4 Å². The lowest BCUT2D eigenvalue weighted by atomic mass is 10.1. The lowest BCUT2D eigenvalue weighted by molar-refractivity contribution is -0.125. The molecule has 0 aliphatic carbocycles. The van der Waals surface area contributed by atoms with Gasteiger partial charge in [-0.2, -0.15) is 0 Å². The van der Waals surface area contributed by atoms with Gasteiger partial charge < -0.3 is 24.8 Å². The van der Waals surface area contributed by atoms with Crippen molar-refractivity contribution in [2.45, 2.75) is 58.1 Å². The molecule has 2 fully saturated rings. The Kier molecular flexibility index (Phi) is 8.13. The highest BCUT2D eigenvalue weighted by Crippen LogP contribution is 2.24. The van der Waals surface area contributed by atoms with Crippen LogP contribution in [0.2, 0.25) is 0 Å². The van der Waals surface area contributed by atoms with Gasteiger partial charge in [0.15, 0.2) is 11.5 Å². The van der Waals surface area contributed by atoms with Crippen LogP contribution in [0.25, 0.3) is 5.65 Å². The molecule has 0 spiro atoms. The minimum Gasteiger partial charge on any atom is -0.444 e. The fourth-order valence-electron chi connectivity index (χ4n) is 4.76. The molecule has 2 aromatic rings. The second-order valence-electron chi connectivity index (χ2n) is 10.4. The van der Waals surface area contributed by atoms with E-state index in [9.17, 15) is 9.59 Å². The van der Waals surface area contributed by atoms with Crippen LogP contribution < -0.4 is 5.32 Å². The van der Waals surface area contributed by atoms with E-state index in [2.05, 4.69) is 28.5 Å². The quantitative estimate of drug-likeness (QED) is 0.588. The number of fused-ring (bicyclic) bond motifs is 1. The summed E-state index contributed by atoms with van der Waals surface area (Å²) in [4.78, 5) is 39.9. The number of imidazole rings is 1. The zero-order chi connectivity index (χ0) is 25.8. The van der Waals surface area contributed by atoms with Crippen molar-refractivity contribution in [3.63, 3.8) is 0 Å². The minimum atomic E-state index is -0.290. The van der Waals surface area contributed by atoms with Gasteiger partial charge in [0, 0.05) is 62.8 Å². The van der Waals surface area contributed by atoms with Crippen molar-refractivity contribution in [3.05, 3.63) is 35.9 Å². The van der Waals surface area contributed by atoms with Crippen molar-refractivity contribution >= 4 is 23.5 Å².